The second kappa shape index (κ2) is 25.7. The van der Waals surface area contributed by atoms with Gasteiger partial charge in [-0.25, -0.2) is 0 Å². The van der Waals surface area contributed by atoms with Crippen LogP contribution in [0.5, 0.6) is 11.5 Å². The molecular formula is C17H15Br2IK2N2O5. The number of phenols is 1. The van der Waals surface area contributed by atoms with Crippen LogP contribution < -0.4 is 113 Å². The zero-order valence-electron chi connectivity index (χ0n) is 17.1. The van der Waals surface area contributed by atoms with Gasteiger partial charge < -0.3 is 21.4 Å². The average molecular weight is 692 g/mol. The third-order valence-electron chi connectivity index (χ3n) is 2.40. The molecule has 0 aliphatic carbocycles. The monoisotopic (exact) mass is 690 g/mol. The Balaban J connectivity index is -0.000000103. The molecule has 146 valence electrons. The number of aromatic hydroxyl groups is 1. The van der Waals surface area contributed by atoms with Gasteiger partial charge in [0.05, 0.1) is 39.3 Å². The molecule has 0 heterocycles. The number of halogens is 3. The predicted molar refractivity (Wildman–Crippen MR) is 114 cm³/mol. The number of benzene rings is 2. The van der Waals surface area contributed by atoms with Gasteiger partial charge in [0, 0.05) is 0 Å². The molecule has 7 nitrogen and oxygen atoms in total. The Morgan fingerprint density at radius 3 is 1.79 bits per heavy atom. The van der Waals surface area contributed by atoms with Crippen LogP contribution in [0.3, 0.4) is 0 Å². The molecule has 0 atom stereocenters. The van der Waals surface area contributed by atoms with Gasteiger partial charge in [-0.2, -0.15) is 10.5 Å². The maximum atomic E-state index is 8.98. The van der Waals surface area contributed by atoms with Crippen molar-refractivity contribution < 1.29 is 129 Å². The molecule has 1 N–H and O–H groups in total. The van der Waals surface area contributed by atoms with E-state index in [-0.39, 0.29) is 116 Å². The summed E-state index contributed by atoms with van der Waals surface area (Å²) in [6.45, 7) is -0.181. The molecule has 12 heteroatoms. The topological polar surface area (TPSA) is 126 Å². The van der Waals surface area contributed by atoms with Crippen molar-refractivity contribution in [1.82, 2.24) is 0 Å². The van der Waals surface area contributed by atoms with Crippen LogP contribution in [0.2, 0.25) is 0 Å². The molecular weight excluding hydrogens is 677 g/mol. The van der Waals surface area contributed by atoms with Crippen molar-refractivity contribution in [3.05, 3.63) is 56.5 Å². The summed E-state index contributed by atoms with van der Waals surface area (Å²) < 4.78 is 6.34. The van der Waals surface area contributed by atoms with Gasteiger partial charge >= 0.3 is 103 Å². The maximum absolute atomic E-state index is 8.98. The Morgan fingerprint density at radius 1 is 1.07 bits per heavy atom. The molecule has 29 heavy (non-hydrogen) atoms. The fourth-order valence-electron chi connectivity index (χ4n) is 1.31. The molecule has 0 aliphatic heterocycles. The number of alkyl halides is 1. The number of phenolic OH excluding ortho intramolecular Hbond substituents is 1. The molecule has 0 fully saturated rings. The average Bonchev–Trinajstić information content (AvgIpc) is 2.72. The fourth-order valence-corrected chi connectivity index (χ4v) is 2.23. The number of methoxy groups -OCH3 is 1. The number of carbonyl (C=O) groups is 1. The molecule has 2 aromatic rings. The Hall–Kier alpha value is 1.41. The molecule has 0 saturated heterocycles. The first-order valence-corrected chi connectivity index (χ1v) is 10.4. The second-order valence-corrected chi connectivity index (χ2v) is 5.64. The van der Waals surface area contributed by atoms with Crippen LogP contribution in [0.4, 0.5) is 0 Å². The van der Waals surface area contributed by atoms with E-state index in [0.717, 1.165) is 10.2 Å². The van der Waals surface area contributed by atoms with E-state index in [2.05, 4.69) is 59.3 Å². The third kappa shape index (κ3) is 18.7. The molecule has 0 spiro atoms. The van der Waals surface area contributed by atoms with Crippen LogP contribution in [0, 0.1) is 22.7 Å². The molecule has 0 saturated carbocycles. The minimum Gasteiger partial charge on any atom is -1.00 e. The number of nitriles is 2. The second-order valence-electron chi connectivity index (χ2n) is 3.93. The quantitative estimate of drug-likeness (QED) is 0.0962. The third-order valence-corrected chi connectivity index (χ3v) is 3.65. The zero-order valence-corrected chi connectivity index (χ0v) is 27.7. The van der Waals surface area contributed by atoms with Crippen molar-refractivity contribution in [2.45, 2.75) is 0 Å². The first kappa shape index (κ1) is 37.7. The summed E-state index contributed by atoms with van der Waals surface area (Å²) in [4.78, 5) is 13.2. The summed E-state index contributed by atoms with van der Waals surface area (Å²) in [5, 5.41) is 34.3. The molecule has 0 aromatic heterocycles. The number of carbonyl (C=O) groups excluding carboxylic acids is 1. The molecule has 2 aromatic carbocycles. The Kier molecular flexibility index (Phi) is 33.4. The summed E-state index contributed by atoms with van der Waals surface area (Å²) >= 11 is 8.51. The smallest absolute Gasteiger partial charge is 1.00 e. The zero-order chi connectivity index (χ0) is 21.2. The van der Waals surface area contributed by atoms with E-state index in [9.17, 15) is 0 Å². The van der Waals surface area contributed by atoms with Crippen LogP contribution in [0.1, 0.15) is 12.6 Å². The van der Waals surface area contributed by atoms with Crippen LogP contribution in [-0.2, 0) is 9.68 Å². The van der Waals surface area contributed by atoms with Crippen molar-refractivity contribution >= 4 is 60.9 Å². The van der Waals surface area contributed by atoms with E-state index >= 15 is 0 Å². The van der Waals surface area contributed by atoms with Gasteiger partial charge in [0.15, 0.2) is 0 Å². The van der Waals surface area contributed by atoms with Crippen molar-refractivity contribution in [2.24, 2.45) is 0 Å². The van der Waals surface area contributed by atoms with Crippen LogP contribution >= 0.6 is 54.5 Å². The van der Waals surface area contributed by atoms with Gasteiger partial charge in [0.2, 0.25) is 0 Å². The summed E-state index contributed by atoms with van der Waals surface area (Å²) in [5.74, 6) is 0.892. The van der Waals surface area contributed by atoms with Crippen LogP contribution in [0.15, 0.2) is 45.3 Å². The van der Waals surface area contributed by atoms with Gasteiger partial charge in [-0.3, -0.25) is 4.79 Å². The van der Waals surface area contributed by atoms with Gasteiger partial charge in [-0.05, 0) is 73.2 Å². The fraction of sp³-hybridized carbons (Fsp3) is 0.118. The molecule has 0 unspecified atom stereocenters. The standard InChI is InChI=1S/C8H6BrNO.C7H4BrNO.CH3I.CH2O3.2K.H/c1-11-8-3-2-6(5-10)4-7(8)9;8-6-3-5(4-9)1-2-7(6)10;1-2;2-1-4-3;;;/h2-4H,1H3;1-3,10H;1H3;1,3H;;;/q;;;;2*+1;-1/p-1. The Labute approximate surface area is 286 Å². The van der Waals surface area contributed by atoms with Crippen molar-refractivity contribution in [3.63, 3.8) is 0 Å². The molecule has 0 bridgehead atoms. The number of nitrogens with zero attached hydrogens (tertiary/aromatic N) is 2. The molecule has 0 radical (unpaired) electrons. The minimum atomic E-state index is -0.181. The summed E-state index contributed by atoms with van der Waals surface area (Å²) in [6, 6.07) is 13.8. The molecule has 0 amide bonds. The van der Waals surface area contributed by atoms with Gasteiger partial charge in [-0.15, -0.1) is 0 Å². The SMILES string of the molecule is CI.COc1ccc(C#N)cc1Br.N#Cc1ccc(O)c(Br)c1.O=CO[O-].[H-].[K+].[K+]. The number of rotatable bonds is 2. The molecule has 0 aliphatic rings. The first-order chi connectivity index (χ1) is 12.9. The first-order valence-electron chi connectivity index (χ1n) is 6.65. The number of hydrogen-bond acceptors (Lipinski definition) is 7. The number of hydrogen-bond donors (Lipinski definition) is 1. The summed E-state index contributed by atoms with van der Waals surface area (Å²) in [7, 11) is 1.59. The van der Waals surface area contributed by atoms with E-state index in [1.54, 1.807) is 37.4 Å². The number of ether oxygens (including phenoxy) is 1. The van der Waals surface area contributed by atoms with E-state index in [1.165, 1.54) is 6.07 Å². The predicted octanol–water partition coefficient (Wildman–Crippen LogP) is -2.04. The van der Waals surface area contributed by atoms with Gasteiger partial charge in [-0.1, -0.05) is 22.6 Å². The van der Waals surface area contributed by atoms with Crippen molar-refractivity contribution in [1.29, 1.82) is 10.5 Å². The van der Waals surface area contributed by atoms with Crippen molar-refractivity contribution in [3.8, 4) is 23.6 Å². The van der Waals surface area contributed by atoms with Gasteiger partial charge in [0.25, 0.3) is 6.47 Å². The molecule has 2 rings (SSSR count). The minimum absolute atomic E-state index is 0. The largest absolute Gasteiger partial charge is 1.00 e. The normalized spacial score (nSPS) is 7.31. The Morgan fingerprint density at radius 2 is 1.48 bits per heavy atom. The van der Waals surface area contributed by atoms with E-state index in [1.807, 2.05) is 17.1 Å². The van der Waals surface area contributed by atoms with E-state index in [0.29, 0.717) is 15.6 Å². The van der Waals surface area contributed by atoms with Crippen molar-refractivity contribution in [2.75, 3.05) is 12.0 Å². The van der Waals surface area contributed by atoms with Crippen LogP contribution in [-0.4, -0.2) is 23.6 Å². The summed E-state index contributed by atoms with van der Waals surface area (Å²) in [5.41, 5.74) is 1.15. The van der Waals surface area contributed by atoms with Crippen LogP contribution in [0.25, 0.3) is 0 Å². The Bertz CT molecular complexity index is 809. The van der Waals surface area contributed by atoms with E-state index < -0.39 is 0 Å². The summed E-state index contributed by atoms with van der Waals surface area (Å²) in [6.07, 6.45) is 0. The maximum Gasteiger partial charge on any atom is 1.00 e. The van der Waals surface area contributed by atoms with E-state index in [4.69, 9.17) is 30.4 Å². The van der Waals surface area contributed by atoms with Gasteiger partial charge in [0.1, 0.15) is 11.5 Å².